The van der Waals surface area contributed by atoms with Gasteiger partial charge in [-0.2, -0.15) is 0 Å². The molecule has 0 atom stereocenters. The number of aliphatic hydroxyl groups excluding tert-OH is 1. The molecular weight excluding hydrogens is 216 g/mol. The molecule has 0 bridgehead atoms. The van der Waals surface area contributed by atoms with Crippen molar-refractivity contribution in [3.63, 3.8) is 0 Å². The van der Waals surface area contributed by atoms with Gasteiger partial charge in [0.05, 0.1) is 6.61 Å². The second-order valence-corrected chi connectivity index (χ2v) is 3.70. The number of hydrogen-bond acceptors (Lipinski definition) is 3. The molecule has 0 unspecified atom stereocenters. The smallest absolute Gasteiger partial charge is 0.190 e. The molecule has 1 N–H and O–H groups in total. The summed E-state index contributed by atoms with van der Waals surface area (Å²) in [4.78, 5) is 1.85. The highest BCUT2D eigenvalue weighted by molar-refractivity contribution is 5.31. The zero-order valence-corrected chi connectivity index (χ0v) is 9.33. The lowest BCUT2D eigenvalue weighted by atomic mass is 10.2. The van der Waals surface area contributed by atoms with Gasteiger partial charge in [-0.1, -0.05) is 0 Å². The minimum atomic E-state index is -0.789. The lowest BCUT2D eigenvalue weighted by Crippen LogP contribution is -2.20. The van der Waals surface area contributed by atoms with Gasteiger partial charge in [-0.15, -0.1) is 0 Å². The molecule has 0 saturated carbocycles. The van der Waals surface area contributed by atoms with E-state index in [9.17, 15) is 8.78 Å². The minimum absolute atomic E-state index is 0.190. The maximum Gasteiger partial charge on any atom is 0.190 e. The molecule has 0 fully saturated rings. The van der Waals surface area contributed by atoms with Crippen molar-refractivity contribution < 1.29 is 18.6 Å². The Morgan fingerprint density at radius 1 is 1.25 bits per heavy atom. The van der Waals surface area contributed by atoms with Crippen molar-refractivity contribution in [1.29, 1.82) is 0 Å². The van der Waals surface area contributed by atoms with E-state index >= 15 is 0 Å². The van der Waals surface area contributed by atoms with Crippen LogP contribution in [-0.4, -0.2) is 37.3 Å². The van der Waals surface area contributed by atoms with E-state index in [1.165, 1.54) is 0 Å². The number of benzene rings is 1. The van der Waals surface area contributed by atoms with Crippen LogP contribution in [0.1, 0.15) is 5.56 Å². The highest BCUT2D eigenvalue weighted by Crippen LogP contribution is 2.23. The van der Waals surface area contributed by atoms with E-state index in [0.29, 0.717) is 6.54 Å². The maximum absolute atomic E-state index is 13.3. The predicted octanol–water partition coefficient (Wildman–Crippen LogP) is 1.40. The first-order valence-corrected chi connectivity index (χ1v) is 4.91. The summed E-state index contributed by atoms with van der Waals surface area (Å²) in [6.45, 7) is 0.381. The molecule has 0 radical (unpaired) electrons. The van der Waals surface area contributed by atoms with Crippen molar-refractivity contribution in [2.45, 2.75) is 6.61 Å². The number of ether oxygens (including phenoxy) is 1. The fraction of sp³-hybridized carbons (Fsp3) is 0.455. The molecule has 90 valence electrons. The molecule has 16 heavy (non-hydrogen) atoms. The normalized spacial score (nSPS) is 10.9. The summed E-state index contributed by atoms with van der Waals surface area (Å²) in [5.74, 6) is -1.97. The Morgan fingerprint density at radius 3 is 2.25 bits per heavy atom. The number of rotatable bonds is 5. The summed E-state index contributed by atoms with van der Waals surface area (Å²) in [5.41, 5.74) is 0.190. The van der Waals surface area contributed by atoms with Crippen LogP contribution in [0, 0.1) is 11.6 Å². The average molecular weight is 231 g/mol. The van der Waals surface area contributed by atoms with Crippen LogP contribution in [0.3, 0.4) is 0 Å². The summed E-state index contributed by atoms with van der Waals surface area (Å²) in [6.07, 6.45) is 0. The third kappa shape index (κ3) is 3.43. The number of hydrogen-bond donors (Lipinski definition) is 1. The van der Waals surface area contributed by atoms with E-state index in [2.05, 4.69) is 0 Å². The van der Waals surface area contributed by atoms with Gasteiger partial charge in [0.2, 0.25) is 0 Å². The molecular formula is C11H15F2NO2. The SMILES string of the molecule is CN(C)CCOc1c(F)cc(CO)cc1F. The highest BCUT2D eigenvalue weighted by atomic mass is 19.1. The van der Waals surface area contributed by atoms with Gasteiger partial charge in [-0.3, -0.25) is 0 Å². The lowest BCUT2D eigenvalue weighted by Gasteiger charge is -2.12. The Kier molecular flexibility index (Phi) is 4.64. The second-order valence-electron chi connectivity index (χ2n) is 3.70. The molecule has 0 amide bonds. The van der Waals surface area contributed by atoms with Crippen LogP contribution in [0.15, 0.2) is 12.1 Å². The van der Waals surface area contributed by atoms with Gasteiger partial charge in [0.1, 0.15) is 6.61 Å². The first kappa shape index (κ1) is 12.9. The number of nitrogens with zero attached hydrogens (tertiary/aromatic N) is 1. The van der Waals surface area contributed by atoms with Crippen molar-refractivity contribution in [1.82, 2.24) is 4.90 Å². The molecule has 0 heterocycles. The molecule has 0 aliphatic heterocycles. The first-order valence-electron chi connectivity index (χ1n) is 4.91. The van der Waals surface area contributed by atoms with Gasteiger partial charge in [-0.05, 0) is 31.8 Å². The number of likely N-dealkylation sites (N-methyl/N-ethyl adjacent to an activating group) is 1. The monoisotopic (exact) mass is 231 g/mol. The Labute approximate surface area is 93.3 Å². The van der Waals surface area contributed by atoms with E-state index in [4.69, 9.17) is 9.84 Å². The van der Waals surface area contributed by atoms with Crippen molar-refractivity contribution in [3.8, 4) is 5.75 Å². The topological polar surface area (TPSA) is 32.7 Å². The Morgan fingerprint density at radius 2 is 1.81 bits per heavy atom. The van der Waals surface area contributed by atoms with Crippen LogP contribution in [0.5, 0.6) is 5.75 Å². The summed E-state index contributed by atoms with van der Waals surface area (Å²) in [5, 5.41) is 8.75. The van der Waals surface area contributed by atoms with Gasteiger partial charge in [0.25, 0.3) is 0 Å². The van der Waals surface area contributed by atoms with Gasteiger partial charge >= 0.3 is 0 Å². The fourth-order valence-corrected chi connectivity index (χ4v) is 1.17. The molecule has 0 aliphatic carbocycles. The fourth-order valence-electron chi connectivity index (χ4n) is 1.17. The third-order valence-electron chi connectivity index (χ3n) is 2.03. The summed E-state index contributed by atoms with van der Waals surface area (Å²) < 4.78 is 31.7. The molecule has 1 aromatic carbocycles. The maximum atomic E-state index is 13.3. The summed E-state index contributed by atoms with van der Waals surface area (Å²) >= 11 is 0. The quantitative estimate of drug-likeness (QED) is 0.831. The van der Waals surface area contributed by atoms with Crippen molar-refractivity contribution in [2.75, 3.05) is 27.2 Å². The van der Waals surface area contributed by atoms with Crippen molar-refractivity contribution in [3.05, 3.63) is 29.3 Å². The molecule has 0 aromatic heterocycles. The van der Waals surface area contributed by atoms with Gasteiger partial charge in [-0.25, -0.2) is 8.78 Å². The molecule has 1 aromatic rings. The Bertz CT molecular complexity index is 333. The third-order valence-corrected chi connectivity index (χ3v) is 2.03. The summed E-state index contributed by atoms with van der Waals surface area (Å²) in [7, 11) is 3.68. The zero-order chi connectivity index (χ0) is 12.1. The van der Waals surface area contributed by atoms with E-state index in [1.807, 2.05) is 19.0 Å². The first-order chi connectivity index (χ1) is 7.54. The van der Waals surface area contributed by atoms with E-state index < -0.39 is 18.2 Å². The Balaban J connectivity index is 2.72. The van der Waals surface area contributed by atoms with Crippen molar-refractivity contribution in [2.24, 2.45) is 0 Å². The molecule has 1 rings (SSSR count). The lowest BCUT2D eigenvalue weighted by molar-refractivity contribution is 0.240. The minimum Gasteiger partial charge on any atom is -0.486 e. The average Bonchev–Trinajstić information content (AvgIpc) is 2.21. The molecule has 3 nitrogen and oxygen atoms in total. The summed E-state index contributed by atoms with van der Waals surface area (Å²) in [6, 6.07) is 2.13. The molecule has 0 spiro atoms. The van der Waals surface area contributed by atoms with Gasteiger partial charge < -0.3 is 14.7 Å². The van der Waals surface area contributed by atoms with Crippen LogP contribution >= 0.6 is 0 Å². The van der Waals surface area contributed by atoms with Crippen LogP contribution in [0.25, 0.3) is 0 Å². The largest absolute Gasteiger partial charge is 0.486 e. The molecule has 0 aliphatic rings. The van der Waals surface area contributed by atoms with Crippen LogP contribution < -0.4 is 4.74 Å². The standard InChI is InChI=1S/C11H15F2NO2/c1-14(2)3-4-16-11-9(12)5-8(7-15)6-10(11)13/h5-6,15H,3-4,7H2,1-2H3. The highest BCUT2D eigenvalue weighted by Gasteiger charge is 2.12. The van der Waals surface area contributed by atoms with Crippen LogP contribution in [0.4, 0.5) is 8.78 Å². The van der Waals surface area contributed by atoms with E-state index in [1.54, 1.807) is 0 Å². The van der Waals surface area contributed by atoms with Crippen molar-refractivity contribution >= 4 is 0 Å². The zero-order valence-electron chi connectivity index (χ0n) is 9.33. The van der Waals surface area contributed by atoms with Gasteiger partial charge in [0, 0.05) is 6.54 Å². The van der Waals surface area contributed by atoms with E-state index in [-0.39, 0.29) is 17.9 Å². The number of aliphatic hydroxyl groups is 1. The second kappa shape index (κ2) is 5.77. The van der Waals surface area contributed by atoms with Crippen LogP contribution in [0.2, 0.25) is 0 Å². The number of halogens is 2. The predicted molar refractivity (Wildman–Crippen MR) is 56.3 cm³/mol. The molecule has 5 heteroatoms. The Hall–Kier alpha value is -1.20. The van der Waals surface area contributed by atoms with Gasteiger partial charge in [0.15, 0.2) is 17.4 Å². The van der Waals surface area contributed by atoms with Crippen LogP contribution in [-0.2, 0) is 6.61 Å². The molecule has 0 saturated heterocycles. The van der Waals surface area contributed by atoms with E-state index in [0.717, 1.165) is 12.1 Å².